The van der Waals surface area contributed by atoms with Gasteiger partial charge in [-0.25, -0.2) is 0 Å². The van der Waals surface area contributed by atoms with E-state index in [2.05, 4.69) is 30.4 Å². The Morgan fingerprint density at radius 2 is 2.00 bits per heavy atom. The molecule has 2 heteroatoms. The van der Waals surface area contributed by atoms with Crippen molar-refractivity contribution in [3.05, 3.63) is 34.9 Å². The number of hydrogen-bond acceptors (Lipinski definition) is 1. The van der Waals surface area contributed by atoms with Crippen molar-refractivity contribution in [3.8, 4) is 0 Å². The smallest absolute Gasteiger partial charge is 0.220 e. The Labute approximate surface area is 84.3 Å². The van der Waals surface area contributed by atoms with Crippen LogP contribution in [-0.2, 0) is 17.6 Å². The SMILES string of the molecule is Cc1ccc2c(c1)CCC(=O)NCC2. The molecule has 0 saturated carbocycles. The zero-order chi connectivity index (χ0) is 9.97. The second kappa shape index (κ2) is 3.82. The number of benzene rings is 1. The van der Waals surface area contributed by atoms with E-state index in [1.165, 1.54) is 16.7 Å². The lowest BCUT2D eigenvalue weighted by atomic mass is 9.97. The van der Waals surface area contributed by atoms with Gasteiger partial charge < -0.3 is 5.32 Å². The number of carbonyl (C=O) groups excluding carboxylic acids is 1. The van der Waals surface area contributed by atoms with E-state index < -0.39 is 0 Å². The Balaban J connectivity index is 2.29. The Morgan fingerprint density at radius 1 is 1.14 bits per heavy atom. The van der Waals surface area contributed by atoms with Crippen LogP contribution in [0.1, 0.15) is 23.1 Å². The van der Waals surface area contributed by atoms with E-state index in [0.29, 0.717) is 6.42 Å². The quantitative estimate of drug-likeness (QED) is 0.660. The molecule has 0 aromatic heterocycles. The average Bonchev–Trinajstić information content (AvgIpc) is 2.15. The van der Waals surface area contributed by atoms with Crippen molar-refractivity contribution in [1.82, 2.24) is 5.32 Å². The molecule has 0 aliphatic carbocycles. The van der Waals surface area contributed by atoms with Crippen LogP contribution < -0.4 is 5.32 Å². The summed E-state index contributed by atoms with van der Waals surface area (Å²) in [6.45, 7) is 2.87. The monoisotopic (exact) mass is 189 g/mol. The summed E-state index contributed by atoms with van der Waals surface area (Å²) >= 11 is 0. The number of nitrogens with one attached hydrogen (secondary N) is 1. The number of aryl methyl sites for hydroxylation is 2. The standard InChI is InChI=1S/C12H15NO/c1-9-2-3-10-6-7-13-12(14)5-4-11(10)8-9/h2-3,8H,4-7H2,1H3,(H,13,14). The molecule has 2 rings (SSSR count). The summed E-state index contributed by atoms with van der Waals surface area (Å²) < 4.78 is 0. The Kier molecular flexibility index (Phi) is 2.53. The largest absolute Gasteiger partial charge is 0.356 e. The minimum Gasteiger partial charge on any atom is -0.356 e. The number of fused-ring (bicyclic) bond motifs is 1. The van der Waals surface area contributed by atoms with Crippen molar-refractivity contribution in [2.45, 2.75) is 26.2 Å². The van der Waals surface area contributed by atoms with E-state index >= 15 is 0 Å². The van der Waals surface area contributed by atoms with Gasteiger partial charge in [-0.15, -0.1) is 0 Å². The van der Waals surface area contributed by atoms with E-state index in [0.717, 1.165) is 19.4 Å². The topological polar surface area (TPSA) is 29.1 Å². The molecule has 2 nitrogen and oxygen atoms in total. The zero-order valence-electron chi connectivity index (χ0n) is 8.47. The van der Waals surface area contributed by atoms with Gasteiger partial charge in [-0.2, -0.15) is 0 Å². The fourth-order valence-corrected chi connectivity index (χ4v) is 1.90. The van der Waals surface area contributed by atoms with Crippen molar-refractivity contribution in [2.24, 2.45) is 0 Å². The lowest BCUT2D eigenvalue weighted by Gasteiger charge is -2.14. The minimum atomic E-state index is 0.178. The van der Waals surface area contributed by atoms with E-state index in [4.69, 9.17) is 0 Å². The van der Waals surface area contributed by atoms with Gasteiger partial charge in [0.25, 0.3) is 0 Å². The first-order chi connectivity index (χ1) is 6.75. The van der Waals surface area contributed by atoms with Crippen LogP contribution in [0.4, 0.5) is 0 Å². The molecule has 1 N–H and O–H groups in total. The summed E-state index contributed by atoms with van der Waals surface area (Å²) in [6, 6.07) is 6.53. The van der Waals surface area contributed by atoms with Gasteiger partial charge in [0.1, 0.15) is 0 Å². The minimum absolute atomic E-state index is 0.178. The molecular formula is C12H15NO. The fraction of sp³-hybridized carbons (Fsp3) is 0.417. The highest BCUT2D eigenvalue weighted by Gasteiger charge is 2.10. The van der Waals surface area contributed by atoms with Crippen LogP contribution in [0, 0.1) is 6.92 Å². The molecule has 0 radical (unpaired) electrons. The molecule has 74 valence electrons. The normalized spacial score (nSPS) is 16.5. The van der Waals surface area contributed by atoms with Crippen LogP contribution in [0.3, 0.4) is 0 Å². The summed E-state index contributed by atoms with van der Waals surface area (Å²) in [4.78, 5) is 11.2. The molecule has 14 heavy (non-hydrogen) atoms. The Hall–Kier alpha value is -1.31. The van der Waals surface area contributed by atoms with Gasteiger partial charge in [0.15, 0.2) is 0 Å². The molecule has 0 spiro atoms. The number of rotatable bonds is 0. The third-order valence-corrected chi connectivity index (χ3v) is 2.70. The fourth-order valence-electron chi connectivity index (χ4n) is 1.90. The number of hydrogen-bond donors (Lipinski definition) is 1. The van der Waals surface area contributed by atoms with Gasteiger partial charge in [0.05, 0.1) is 0 Å². The molecule has 0 bridgehead atoms. The summed E-state index contributed by atoms with van der Waals surface area (Å²) in [7, 11) is 0. The van der Waals surface area contributed by atoms with Gasteiger partial charge in [-0.1, -0.05) is 23.8 Å². The van der Waals surface area contributed by atoms with E-state index in [1.54, 1.807) is 0 Å². The van der Waals surface area contributed by atoms with Crippen LogP contribution in [0.5, 0.6) is 0 Å². The van der Waals surface area contributed by atoms with Crippen LogP contribution in [0.25, 0.3) is 0 Å². The highest BCUT2D eigenvalue weighted by molar-refractivity contribution is 5.76. The number of amides is 1. The molecule has 0 fully saturated rings. The van der Waals surface area contributed by atoms with Crippen LogP contribution in [0.15, 0.2) is 18.2 Å². The third-order valence-electron chi connectivity index (χ3n) is 2.70. The Morgan fingerprint density at radius 3 is 2.86 bits per heavy atom. The van der Waals surface area contributed by atoms with E-state index in [1.807, 2.05) is 0 Å². The highest BCUT2D eigenvalue weighted by Crippen LogP contribution is 2.15. The molecule has 1 aliphatic rings. The summed E-state index contributed by atoms with van der Waals surface area (Å²) in [6.07, 6.45) is 2.46. The number of carbonyl (C=O) groups is 1. The Bertz CT molecular complexity index is 357. The van der Waals surface area contributed by atoms with Gasteiger partial charge in [-0.05, 0) is 30.9 Å². The molecule has 1 aliphatic heterocycles. The van der Waals surface area contributed by atoms with Crippen LogP contribution >= 0.6 is 0 Å². The summed E-state index contributed by atoms with van der Waals surface area (Å²) in [5, 5.41) is 2.90. The summed E-state index contributed by atoms with van der Waals surface area (Å²) in [5.74, 6) is 0.178. The van der Waals surface area contributed by atoms with Crippen molar-refractivity contribution >= 4 is 5.91 Å². The lowest BCUT2D eigenvalue weighted by molar-refractivity contribution is -0.121. The molecule has 1 amide bonds. The third kappa shape index (κ3) is 1.95. The van der Waals surface area contributed by atoms with Gasteiger partial charge >= 0.3 is 0 Å². The molecule has 1 aromatic rings. The first kappa shape index (κ1) is 9.25. The van der Waals surface area contributed by atoms with Gasteiger partial charge in [0, 0.05) is 13.0 Å². The van der Waals surface area contributed by atoms with Crippen molar-refractivity contribution in [2.75, 3.05) is 6.54 Å². The molecule has 0 saturated heterocycles. The maximum Gasteiger partial charge on any atom is 0.220 e. The van der Waals surface area contributed by atoms with Gasteiger partial charge in [-0.3, -0.25) is 4.79 Å². The van der Waals surface area contributed by atoms with Crippen molar-refractivity contribution < 1.29 is 4.79 Å². The van der Waals surface area contributed by atoms with Crippen LogP contribution in [-0.4, -0.2) is 12.5 Å². The molecule has 1 aromatic carbocycles. The summed E-state index contributed by atoms with van der Waals surface area (Å²) in [5.41, 5.74) is 4.01. The predicted octanol–water partition coefficient (Wildman–Crippen LogP) is 1.60. The predicted molar refractivity (Wildman–Crippen MR) is 56.2 cm³/mol. The second-order valence-electron chi connectivity index (χ2n) is 3.87. The maximum atomic E-state index is 11.2. The molecule has 1 heterocycles. The highest BCUT2D eigenvalue weighted by atomic mass is 16.1. The molecular weight excluding hydrogens is 174 g/mol. The average molecular weight is 189 g/mol. The lowest BCUT2D eigenvalue weighted by Crippen LogP contribution is -2.28. The van der Waals surface area contributed by atoms with E-state index in [9.17, 15) is 4.79 Å². The van der Waals surface area contributed by atoms with Crippen molar-refractivity contribution in [3.63, 3.8) is 0 Å². The zero-order valence-corrected chi connectivity index (χ0v) is 8.47. The van der Waals surface area contributed by atoms with E-state index in [-0.39, 0.29) is 5.91 Å². The molecule has 0 unspecified atom stereocenters. The van der Waals surface area contributed by atoms with Gasteiger partial charge in [0.2, 0.25) is 5.91 Å². The van der Waals surface area contributed by atoms with Crippen molar-refractivity contribution in [1.29, 1.82) is 0 Å². The maximum absolute atomic E-state index is 11.2. The second-order valence-corrected chi connectivity index (χ2v) is 3.87. The molecule has 0 atom stereocenters. The first-order valence-electron chi connectivity index (χ1n) is 5.11. The van der Waals surface area contributed by atoms with Crippen LogP contribution in [0.2, 0.25) is 0 Å². The first-order valence-corrected chi connectivity index (χ1v) is 5.11.